The molecule has 0 bridgehead atoms. The number of hydroxylamine groups is 2. The molecule has 5 nitrogen and oxygen atoms in total. The lowest BCUT2D eigenvalue weighted by Gasteiger charge is -2.56. The average molecular weight is 285 g/mol. The van der Waals surface area contributed by atoms with E-state index in [1.807, 2.05) is 12.0 Å². The fourth-order valence-corrected chi connectivity index (χ4v) is 3.94. The molecule has 1 rings (SSSR count). The van der Waals surface area contributed by atoms with Crippen molar-refractivity contribution in [3.63, 3.8) is 0 Å². The molecule has 1 saturated heterocycles. The largest absolute Gasteiger partial charge is 0.459 e. The van der Waals surface area contributed by atoms with Crippen molar-refractivity contribution < 1.29 is 19.2 Å². The molecular weight excluding hydrogens is 258 g/mol. The second-order valence-corrected chi connectivity index (χ2v) is 7.26. The number of esters is 1. The Balaban J connectivity index is 2.92. The van der Waals surface area contributed by atoms with Gasteiger partial charge in [-0.1, -0.05) is 0 Å². The average Bonchev–Trinajstić information content (AvgIpc) is 2.09. The first kappa shape index (κ1) is 17.1. The van der Waals surface area contributed by atoms with Gasteiger partial charge < -0.3 is 9.57 Å². The van der Waals surface area contributed by atoms with Gasteiger partial charge in [0, 0.05) is 23.9 Å². The summed E-state index contributed by atoms with van der Waals surface area (Å²) in [6.07, 6.45) is 1.15. The molecule has 1 heterocycles. The third-order valence-electron chi connectivity index (χ3n) is 3.65. The van der Waals surface area contributed by atoms with Gasteiger partial charge in [0.1, 0.15) is 17.8 Å². The van der Waals surface area contributed by atoms with Crippen LogP contribution in [0.25, 0.3) is 0 Å². The van der Waals surface area contributed by atoms with Crippen molar-refractivity contribution >= 4 is 11.8 Å². The van der Waals surface area contributed by atoms with Gasteiger partial charge in [-0.05, 0) is 41.5 Å². The highest BCUT2D eigenvalue weighted by Gasteiger charge is 2.52. The first-order valence-electron chi connectivity index (χ1n) is 6.98. The first-order valence-corrected chi connectivity index (χ1v) is 6.98. The lowest BCUT2D eigenvalue weighted by Crippen LogP contribution is -2.65. The number of piperidine rings is 1. The smallest absolute Gasteiger partial charge is 0.313 e. The van der Waals surface area contributed by atoms with Crippen LogP contribution in [0.2, 0.25) is 0 Å². The van der Waals surface area contributed by atoms with Gasteiger partial charge in [-0.25, -0.2) is 0 Å². The minimum atomic E-state index is -0.589. The normalized spacial score (nSPS) is 24.1. The highest BCUT2D eigenvalue weighted by Crippen LogP contribution is 2.45. The Morgan fingerprint density at radius 1 is 1.05 bits per heavy atom. The Hall–Kier alpha value is -0.940. The van der Waals surface area contributed by atoms with Gasteiger partial charge >= 0.3 is 5.97 Å². The Labute approximate surface area is 121 Å². The van der Waals surface area contributed by atoms with E-state index in [4.69, 9.17) is 9.57 Å². The van der Waals surface area contributed by atoms with Crippen molar-refractivity contribution in [1.29, 1.82) is 0 Å². The van der Waals surface area contributed by atoms with Crippen LogP contribution in [0.3, 0.4) is 0 Å². The van der Waals surface area contributed by atoms with Gasteiger partial charge in [-0.3, -0.25) is 9.59 Å². The molecule has 116 valence electrons. The molecule has 0 radical (unpaired) electrons. The van der Waals surface area contributed by atoms with Gasteiger partial charge in [0.25, 0.3) is 0 Å². The molecule has 0 aromatic rings. The number of Topliss-reactive ketones (excluding diaryl/α,β-unsaturated/α-hetero) is 1. The van der Waals surface area contributed by atoms with Crippen LogP contribution in [-0.4, -0.2) is 40.6 Å². The number of hydrogen-bond donors (Lipinski definition) is 0. The van der Waals surface area contributed by atoms with Crippen LogP contribution in [0.4, 0.5) is 0 Å². The van der Waals surface area contributed by atoms with E-state index in [2.05, 4.69) is 27.7 Å². The molecule has 0 aliphatic carbocycles. The summed E-state index contributed by atoms with van der Waals surface area (Å²) in [6.45, 7) is 11.6. The monoisotopic (exact) mass is 285 g/mol. The van der Waals surface area contributed by atoms with Crippen LogP contribution in [0.15, 0.2) is 0 Å². The van der Waals surface area contributed by atoms with Gasteiger partial charge in [0.05, 0.1) is 7.11 Å². The first-order chi connectivity index (χ1) is 8.92. The molecule has 5 heteroatoms. The van der Waals surface area contributed by atoms with Crippen molar-refractivity contribution in [3.8, 4) is 0 Å². The number of ether oxygens (including phenoxy) is 1. The van der Waals surface area contributed by atoms with E-state index in [0.29, 0.717) is 12.8 Å². The van der Waals surface area contributed by atoms with Gasteiger partial charge in [0.15, 0.2) is 0 Å². The number of rotatable bonds is 4. The van der Waals surface area contributed by atoms with Gasteiger partial charge in [-0.15, -0.1) is 0 Å². The van der Waals surface area contributed by atoms with Crippen LogP contribution in [0.5, 0.6) is 0 Å². The third-order valence-corrected chi connectivity index (χ3v) is 3.65. The van der Waals surface area contributed by atoms with Crippen molar-refractivity contribution in [1.82, 2.24) is 5.06 Å². The molecule has 0 saturated carbocycles. The highest BCUT2D eigenvalue weighted by molar-refractivity contribution is 5.94. The zero-order chi connectivity index (χ0) is 15.8. The third kappa shape index (κ3) is 3.79. The van der Waals surface area contributed by atoms with E-state index in [0.717, 1.165) is 0 Å². The maximum Gasteiger partial charge on any atom is 0.313 e. The lowest BCUT2D eigenvalue weighted by atomic mass is 9.73. The molecule has 1 aliphatic heterocycles. The Morgan fingerprint density at radius 3 is 1.85 bits per heavy atom. The minimum Gasteiger partial charge on any atom is -0.459 e. The summed E-state index contributed by atoms with van der Waals surface area (Å²) in [5.41, 5.74) is -1.11. The van der Waals surface area contributed by atoms with E-state index in [-0.39, 0.29) is 23.3 Å². The van der Waals surface area contributed by atoms with Crippen molar-refractivity contribution in [2.75, 3.05) is 7.11 Å². The molecule has 0 atom stereocenters. The Kier molecular flexibility index (Phi) is 4.66. The second-order valence-electron chi connectivity index (χ2n) is 7.26. The molecule has 1 fully saturated rings. The summed E-state index contributed by atoms with van der Waals surface area (Å²) >= 11 is 0. The van der Waals surface area contributed by atoms with Crippen LogP contribution in [0, 0.1) is 0 Å². The predicted molar refractivity (Wildman–Crippen MR) is 76.0 cm³/mol. The topological polar surface area (TPSA) is 55.8 Å². The molecule has 0 aromatic heterocycles. The molecule has 1 aliphatic rings. The highest BCUT2D eigenvalue weighted by atomic mass is 16.7. The molecule has 0 aromatic carbocycles. The van der Waals surface area contributed by atoms with E-state index in [1.165, 1.54) is 6.92 Å². The zero-order valence-corrected chi connectivity index (χ0v) is 13.7. The summed E-state index contributed by atoms with van der Waals surface area (Å²) in [7, 11) is 1.66. The van der Waals surface area contributed by atoms with Crippen molar-refractivity contribution in [2.45, 2.75) is 77.5 Å². The Bertz CT molecular complexity index is 383. The van der Waals surface area contributed by atoms with Crippen molar-refractivity contribution in [3.05, 3.63) is 0 Å². The maximum absolute atomic E-state index is 11.8. The van der Waals surface area contributed by atoms with Crippen molar-refractivity contribution in [2.24, 2.45) is 0 Å². The fourth-order valence-electron chi connectivity index (χ4n) is 3.94. The summed E-state index contributed by atoms with van der Waals surface area (Å²) < 4.78 is 5.61. The molecule has 0 N–H and O–H groups in total. The van der Waals surface area contributed by atoms with E-state index in [1.54, 1.807) is 7.11 Å². The number of ketones is 1. The number of carbonyl (C=O) groups excluding carboxylic acids is 2. The fraction of sp³-hybridized carbons (Fsp3) is 0.867. The second kappa shape index (κ2) is 5.45. The Morgan fingerprint density at radius 2 is 1.50 bits per heavy atom. The minimum absolute atomic E-state index is 0.162. The molecule has 20 heavy (non-hydrogen) atoms. The number of nitrogens with zero attached hydrogens (tertiary/aromatic N) is 1. The zero-order valence-electron chi connectivity index (χ0n) is 13.7. The summed E-state index contributed by atoms with van der Waals surface area (Å²) in [6, 6.07) is 0. The summed E-state index contributed by atoms with van der Waals surface area (Å²) in [5, 5.41) is 1.96. The van der Waals surface area contributed by atoms with E-state index in [9.17, 15) is 9.59 Å². The van der Waals surface area contributed by atoms with E-state index >= 15 is 0 Å². The lowest BCUT2D eigenvalue weighted by molar-refractivity contribution is -0.291. The van der Waals surface area contributed by atoms with Crippen LogP contribution in [-0.2, 0) is 19.2 Å². The SMILES string of the molecule is CON1C(C)(C)CC(C)(OC(=O)CC(C)=O)CC1(C)C. The predicted octanol–water partition coefficient (Wildman–Crippen LogP) is 2.48. The molecule has 0 unspecified atom stereocenters. The molecule has 0 spiro atoms. The number of hydrogen-bond acceptors (Lipinski definition) is 5. The molecular formula is C15H27NO4. The van der Waals surface area contributed by atoms with Gasteiger partial charge in [-0.2, -0.15) is 5.06 Å². The van der Waals surface area contributed by atoms with Crippen LogP contribution < -0.4 is 0 Å². The quantitative estimate of drug-likeness (QED) is 0.586. The maximum atomic E-state index is 11.8. The summed E-state index contributed by atoms with van der Waals surface area (Å²) in [4.78, 5) is 28.4. The van der Waals surface area contributed by atoms with Crippen LogP contribution >= 0.6 is 0 Å². The van der Waals surface area contributed by atoms with Gasteiger partial charge in [0.2, 0.25) is 0 Å². The molecule has 0 amide bonds. The standard InChI is InChI=1S/C15H27NO4/c1-11(17)8-12(18)20-15(6)9-13(2,3)16(19-7)14(4,5)10-15/h8-10H2,1-7H3. The van der Waals surface area contributed by atoms with Crippen LogP contribution in [0.1, 0.15) is 60.8 Å². The van der Waals surface area contributed by atoms with E-state index < -0.39 is 11.6 Å². The number of carbonyl (C=O) groups is 2. The summed E-state index contributed by atoms with van der Waals surface area (Å²) in [5.74, 6) is -0.621.